The Morgan fingerprint density at radius 3 is 2.43 bits per heavy atom. The fraction of sp³-hybridized carbons (Fsp3) is 0.571. The Labute approximate surface area is 440 Å². The Balaban J connectivity index is 0.679. The average Bonchev–Trinajstić information content (AvgIpc) is 3.86. The number of ether oxygens (including phenoxy) is 5. The molecule has 1 N–H and O–H groups in total. The van der Waals surface area contributed by atoms with Crippen molar-refractivity contribution in [2.75, 3.05) is 70.8 Å². The topological polar surface area (TPSA) is 204 Å². The van der Waals surface area contributed by atoms with Crippen LogP contribution in [0.3, 0.4) is 0 Å². The van der Waals surface area contributed by atoms with Crippen LogP contribution in [0.15, 0.2) is 58.0 Å². The van der Waals surface area contributed by atoms with Gasteiger partial charge >= 0.3 is 5.97 Å². The minimum atomic E-state index is -5.21. The monoisotopic (exact) mass is 1070 g/mol. The van der Waals surface area contributed by atoms with E-state index in [1.54, 1.807) is 10.9 Å². The second-order valence-corrected chi connectivity index (χ2v) is 24.9. The van der Waals surface area contributed by atoms with Gasteiger partial charge < -0.3 is 33.1 Å². The zero-order chi connectivity index (χ0) is 52.0. The fourth-order valence-corrected chi connectivity index (χ4v) is 15.1. The first-order chi connectivity index (χ1) is 36.2. The lowest BCUT2D eigenvalue weighted by atomic mass is 9.60. The SMILES string of the molecule is CC1=C[C@H]2[C@@H](CC1)[C@@H]([C@H](C)C(=O)OCc1cn(CCOCCOCCOCNS(=O)(=O)c3ccc(C4=c5cc6c7c(c5Oc5c4cc4c8c5CCCN8CCC4)CCC[N+]=7CCC6)c(S(=O)(=O)[O-])c3)nn1)CC[C@@H]2C. The van der Waals surface area contributed by atoms with Crippen molar-refractivity contribution >= 4 is 37.4 Å². The molecule has 0 radical (unpaired) electrons. The van der Waals surface area contributed by atoms with Crippen LogP contribution in [0.1, 0.15) is 111 Å². The number of allylic oxidation sites excluding steroid dienone is 2. The molecule has 11 rings (SSSR count). The molecule has 5 atom stereocenters. The third-order valence-electron chi connectivity index (χ3n) is 17.0. The summed E-state index contributed by atoms with van der Waals surface area (Å²) >= 11 is 0. The maximum atomic E-state index is 13.7. The number of esters is 1. The second kappa shape index (κ2) is 21.8. The molecule has 1 saturated carbocycles. The quantitative estimate of drug-likeness (QED) is 0.0279. The third kappa shape index (κ3) is 10.6. The Morgan fingerprint density at radius 2 is 1.61 bits per heavy atom. The van der Waals surface area contributed by atoms with Gasteiger partial charge in [0.2, 0.25) is 15.4 Å². The number of sulfonamides is 1. The highest BCUT2D eigenvalue weighted by Gasteiger charge is 2.43. The standard InChI is InChI=1S/C56H70N6O11S2/c1-35-12-15-43-42(16-13-36(2)47(43)28-35)37(3)56(63)72-33-40-32-62(59-58-40)22-23-69-24-25-70-26-27-71-34-57-74(64,65)41-14-17-44(50(31-41)75(66,67)68)51-48-29-38-8-4-18-60-20-6-10-45(52(38)60)54(48)73-55-46-11-7-21-61-19-5-9-39(53(46)61)30-49(51)55/h14,17,28-32,36-37,42-43,47,57H,4-13,15-16,18-27,33-34H2,1-3H3/t36-,37-,42+,43-,47+/m0/s1. The summed E-state index contributed by atoms with van der Waals surface area (Å²) in [5, 5.41) is 10.3. The number of nitrogens with one attached hydrogen (secondary N) is 1. The van der Waals surface area contributed by atoms with Gasteiger partial charge in [-0.2, -0.15) is 4.72 Å². The summed E-state index contributed by atoms with van der Waals surface area (Å²) < 4.78 is 104. The van der Waals surface area contributed by atoms with Gasteiger partial charge in [0, 0.05) is 64.7 Å². The van der Waals surface area contributed by atoms with E-state index in [9.17, 15) is 26.2 Å². The normalized spacial score (nSPS) is 22.2. The number of nitrogens with zero attached hydrogens (tertiary/aromatic N) is 5. The van der Waals surface area contributed by atoms with Crippen LogP contribution < -0.4 is 29.5 Å². The summed E-state index contributed by atoms with van der Waals surface area (Å²) in [4.78, 5) is 14.6. The molecule has 6 heterocycles. The Bertz CT molecular complexity index is 3260. The molecule has 402 valence electrons. The molecule has 75 heavy (non-hydrogen) atoms. The molecule has 1 aromatic heterocycles. The molecule has 0 bridgehead atoms. The number of hydrogen-bond donors (Lipinski definition) is 1. The second-order valence-electron chi connectivity index (χ2n) is 21.8. The first-order valence-electron chi connectivity index (χ1n) is 27.2. The van der Waals surface area contributed by atoms with Gasteiger partial charge in [-0.05, 0) is 125 Å². The van der Waals surface area contributed by atoms with E-state index < -0.39 is 31.8 Å². The number of carbonyl (C=O) groups is 1. The molecular weight excluding hydrogens is 997 g/mol. The van der Waals surface area contributed by atoms with Gasteiger partial charge in [0.05, 0.1) is 67.0 Å². The molecule has 1 fully saturated rings. The Kier molecular flexibility index (Phi) is 15.1. The largest absolute Gasteiger partial charge is 0.744 e. The lowest BCUT2D eigenvalue weighted by molar-refractivity contribution is -0.153. The van der Waals surface area contributed by atoms with E-state index >= 15 is 0 Å². The maximum Gasteiger partial charge on any atom is 0.309 e. The molecule has 0 amide bonds. The first kappa shape index (κ1) is 52.1. The number of carbonyl (C=O) groups excluding carboxylic acids is 1. The maximum absolute atomic E-state index is 13.7. The number of hydrogen-bond acceptors (Lipinski definition) is 14. The smallest absolute Gasteiger partial charge is 0.309 e. The van der Waals surface area contributed by atoms with Crippen molar-refractivity contribution in [3.8, 4) is 11.5 Å². The zero-order valence-electron chi connectivity index (χ0n) is 43.4. The number of aromatic nitrogens is 3. The number of rotatable bonds is 19. The third-order valence-corrected chi connectivity index (χ3v) is 19.3. The van der Waals surface area contributed by atoms with Gasteiger partial charge in [0.1, 0.15) is 53.7 Å². The highest BCUT2D eigenvalue weighted by molar-refractivity contribution is 7.89. The minimum absolute atomic E-state index is 0.0663. The van der Waals surface area contributed by atoms with E-state index in [1.807, 2.05) is 6.92 Å². The molecule has 5 aliphatic heterocycles. The number of anilines is 1. The van der Waals surface area contributed by atoms with Crippen LogP contribution in [0, 0.1) is 29.6 Å². The molecule has 3 aromatic carbocycles. The first-order valence-corrected chi connectivity index (χ1v) is 30.1. The van der Waals surface area contributed by atoms with Gasteiger partial charge in [-0.25, -0.2) is 26.1 Å². The van der Waals surface area contributed by atoms with Crippen molar-refractivity contribution in [2.24, 2.45) is 29.6 Å². The Morgan fingerprint density at radius 1 is 0.867 bits per heavy atom. The van der Waals surface area contributed by atoms with Crippen LogP contribution in [-0.2, 0) is 82.7 Å². The fourth-order valence-electron chi connectivity index (χ4n) is 13.4. The van der Waals surface area contributed by atoms with Crippen molar-refractivity contribution in [3.05, 3.63) is 97.8 Å². The lowest BCUT2D eigenvalue weighted by Crippen LogP contribution is -2.45. The van der Waals surface area contributed by atoms with Crippen LogP contribution in [-0.4, -0.2) is 108 Å². The summed E-state index contributed by atoms with van der Waals surface area (Å²) in [5.74, 6) is 3.08. The van der Waals surface area contributed by atoms with E-state index in [2.05, 4.69) is 56.6 Å². The van der Waals surface area contributed by atoms with E-state index in [0.717, 1.165) is 131 Å². The highest BCUT2D eigenvalue weighted by atomic mass is 32.2. The van der Waals surface area contributed by atoms with Gasteiger partial charge in [-0.3, -0.25) is 4.79 Å². The molecule has 0 saturated heterocycles. The summed E-state index contributed by atoms with van der Waals surface area (Å²) in [7, 11) is -9.53. The van der Waals surface area contributed by atoms with E-state index in [-0.39, 0.29) is 48.8 Å². The van der Waals surface area contributed by atoms with Crippen molar-refractivity contribution < 1.29 is 49.9 Å². The number of fused-ring (bicyclic) bond motifs is 5. The number of aryl methyl sites for hydroxylation is 2. The summed E-state index contributed by atoms with van der Waals surface area (Å²) in [6.07, 6.45) is 15.9. The van der Waals surface area contributed by atoms with Crippen LogP contribution in [0.4, 0.5) is 5.69 Å². The Hall–Kier alpha value is -5.02. The molecular formula is C56H70N6O11S2. The lowest BCUT2D eigenvalue weighted by Gasteiger charge is -2.45. The molecule has 17 nitrogen and oxygen atoms in total. The molecule has 19 heteroatoms. The van der Waals surface area contributed by atoms with Gasteiger partial charge in [-0.1, -0.05) is 36.8 Å². The van der Waals surface area contributed by atoms with Crippen LogP contribution in [0.25, 0.3) is 5.57 Å². The number of benzene rings is 3. The average molecular weight is 1070 g/mol. The van der Waals surface area contributed by atoms with Crippen LogP contribution in [0.2, 0.25) is 0 Å². The zero-order valence-corrected chi connectivity index (χ0v) is 45.1. The van der Waals surface area contributed by atoms with Gasteiger partial charge in [0.25, 0.3) is 0 Å². The minimum Gasteiger partial charge on any atom is -0.744 e. The summed E-state index contributed by atoms with van der Waals surface area (Å²) in [5.41, 5.74) is 9.26. The molecule has 7 aliphatic rings. The van der Waals surface area contributed by atoms with Crippen LogP contribution >= 0.6 is 0 Å². The van der Waals surface area contributed by atoms with E-state index in [0.29, 0.717) is 66.2 Å². The predicted molar refractivity (Wildman–Crippen MR) is 278 cm³/mol. The van der Waals surface area contributed by atoms with E-state index in [1.165, 1.54) is 39.9 Å². The molecule has 0 unspecified atom stereocenters. The highest BCUT2D eigenvalue weighted by Crippen LogP contribution is 2.50. The van der Waals surface area contributed by atoms with Crippen molar-refractivity contribution in [1.29, 1.82) is 0 Å². The summed E-state index contributed by atoms with van der Waals surface area (Å²) in [6, 6.07) is 8.02. The van der Waals surface area contributed by atoms with Gasteiger partial charge in [-0.15, -0.1) is 5.10 Å². The van der Waals surface area contributed by atoms with Gasteiger partial charge in [0.15, 0.2) is 0 Å². The summed E-state index contributed by atoms with van der Waals surface area (Å²) in [6.45, 7) is 11.7. The van der Waals surface area contributed by atoms with E-state index in [4.69, 9.17) is 23.7 Å². The van der Waals surface area contributed by atoms with Crippen molar-refractivity contribution in [3.63, 3.8) is 0 Å². The predicted octanol–water partition coefficient (Wildman–Crippen LogP) is 5.30. The van der Waals surface area contributed by atoms with Crippen molar-refractivity contribution in [1.82, 2.24) is 24.3 Å². The molecule has 0 spiro atoms. The molecule has 4 aromatic rings. The molecule has 2 aliphatic carbocycles. The van der Waals surface area contributed by atoms with Crippen molar-refractivity contribution in [2.45, 2.75) is 121 Å². The van der Waals surface area contributed by atoms with Crippen LogP contribution in [0.5, 0.6) is 11.5 Å².